The Morgan fingerprint density at radius 3 is 2.63 bits per heavy atom. The Morgan fingerprint density at radius 1 is 1.37 bits per heavy atom. The van der Waals surface area contributed by atoms with Crippen LogP contribution < -0.4 is 0 Å². The first kappa shape index (κ1) is 15.7. The zero-order valence-electron chi connectivity index (χ0n) is 11.4. The fourth-order valence-corrected chi connectivity index (χ4v) is 3.05. The summed E-state index contributed by atoms with van der Waals surface area (Å²) >= 11 is 0. The Morgan fingerprint density at radius 2 is 2.05 bits per heavy atom. The molecule has 0 unspecified atom stereocenters. The lowest BCUT2D eigenvalue weighted by molar-refractivity contribution is 0.350. The third-order valence-electron chi connectivity index (χ3n) is 2.48. The highest BCUT2D eigenvalue weighted by Crippen LogP contribution is 2.16. The Balaban J connectivity index is 3.08. The SMILES string of the molecule is CC(C)CN(C)S(=O)(=O)c1cccc(C#CCO)c1. The Hall–Kier alpha value is -1.35. The first-order valence-electron chi connectivity index (χ1n) is 6.04. The lowest BCUT2D eigenvalue weighted by Crippen LogP contribution is -2.30. The lowest BCUT2D eigenvalue weighted by atomic mass is 10.2. The molecule has 4 nitrogen and oxygen atoms in total. The van der Waals surface area contributed by atoms with Crippen LogP contribution in [0.3, 0.4) is 0 Å². The Labute approximate surface area is 115 Å². The molecule has 0 aliphatic heterocycles. The van der Waals surface area contributed by atoms with Crippen LogP contribution in [0.1, 0.15) is 19.4 Å². The van der Waals surface area contributed by atoms with Crippen molar-refractivity contribution in [3.8, 4) is 11.8 Å². The summed E-state index contributed by atoms with van der Waals surface area (Å²) in [4.78, 5) is 0.223. The molecule has 0 fully saturated rings. The van der Waals surface area contributed by atoms with E-state index in [-0.39, 0.29) is 17.4 Å². The second-order valence-corrected chi connectivity index (χ2v) is 6.71. The largest absolute Gasteiger partial charge is 0.384 e. The van der Waals surface area contributed by atoms with Gasteiger partial charge in [-0.1, -0.05) is 31.8 Å². The van der Waals surface area contributed by atoms with E-state index in [2.05, 4.69) is 11.8 Å². The van der Waals surface area contributed by atoms with Crippen molar-refractivity contribution >= 4 is 10.0 Å². The molecule has 0 aromatic heterocycles. The molecule has 19 heavy (non-hydrogen) atoms. The number of nitrogens with zero attached hydrogens (tertiary/aromatic N) is 1. The van der Waals surface area contributed by atoms with Crippen molar-refractivity contribution < 1.29 is 13.5 Å². The van der Waals surface area contributed by atoms with Gasteiger partial charge in [0.1, 0.15) is 6.61 Å². The third-order valence-corrected chi connectivity index (χ3v) is 4.30. The van der Waals surface area contributed by atoms with Crippen LogP contribution in [0.25, 0.3) is 0 Å². The van der Waals surface area contributed by atoms with Gasteiger partial charge < -0.3 is 5.11 Å². The van der Waals surface area contributed by atoms with Crippen LogP contribution >= 0.6 is 0 Å². The number of hydrogen-bond acceptors (Lipinski definition) is 3. The Kier molecular flexibility index (Phi) is 5.55. The van der Waals surface area contributed by atoms with Crippen LogP contribution in [0, 0.1) is 17.8 Å². The van der Waals surface area contributed by atoms with Gasteiger partial charge in [-0.3, -0.25) is 0 Å². The van der Waals surface area contributed by atoms with Gasteiger partial charge in [0.05, 0.1) is 4.90 Å². The molecule has 5 heteroatoms. The molecule has 0 saturated carbocycles. The number of aliphatic hydroxyl groups is 1. The number of sulfonamides is 1. The maximum absolute atomic E-state index is 12.3. The standard InChI is InChI=1S/C14H19NO3S/c1-12(2)11-15(3)19(17,18)14-8-4-6-13(10-14)7-5-9-16/h4,6,8,10,12,16H,9,11H2,1-3H3. The van der Waals surface area contributed by atoms with Gasteiger partial charge >= 0.3 is 0 Å². The summed E-state index contributed by atoms with van der Waals surface area (Å²) in [5.74, 6) is 5.47. The van der Waals surface area contributed by atoms with Gasteiger partial charge in [-0.15, -0.1) is 0 Å². The van der Waals surface area contributed by atoms with Gasteiger partial charge in [0.15, 0.2) is 0 Å². The van der Waals surface area contributed by atoms with Crippen molar-refractivity contribution in [2.45, 2.75) is 18.7 Å². The molecule has 0 radical (unpaired) electrons. The van der Waals surface area contributed by atoms with Gasteiger partial charge in [0, 0.05) is 19.2 Å². The normalized spacial score (nSPS) is 11.5. The van der Waals surface area contributed by atoms with Crippen LogP contribution in [-0.2, 0) is 10.0 Å². The topological polar surface area (TPSA) is 57.6 Å². The summed E-state index contributed by atoms with van der Waals surface area (Å²) in [5, 5.41) is 8.64. The molecule has 0 spiro atoms. The first-order valence-corrected chi connectivity index (χ1v) is 7.48. The molecule has 1 aromatic rings. The molecule has 0 atom stereocenters. The van der Waals surface area contributed by atoms with E-state index in [0.29, 0.717) is 12.1 Å². The predicted octanol–water partition coefficient (Wildman–Crippen LogP) is 1.31. The molecule has 0 bridgehead atoms. The molecule has 0 aliphatic carbocycles. The number of benzene rings is 1. The van der Waals surface area contributed by atoms with E-state index in [1.54, 1.807) is 25.2 Å². The van der Waals surface area contributed by atoms with Gasteiger partial charge in [-0.05, 0) is 24.1 Å². The Bertz CT molecular complexity index is 582. The monoisotopic (exact) mass is 281 g/mol. The lowest BCUT2D eigenvalue weighted by Gasteiger charge is -2.19. The molecular formula is C14H19NO3S. The summed E-state index contributed by atoms with van der Waals surface area (Å²) in [7, 11) is -1.91. The van der Waals surface area contributed by atoms with Gasteiger partial charge in [0.25, 0.3) is 0 Å². The fraction of sp³-hybridized carbons (Fsp3) is 0.429. The van der Waals surface area contributed by atoms with E-state index < -0.39 is 10.0 Å². The summed E-state index contributed by atoms with van der Waals surface area (Å²) in [6.45, 7) is 4.16. The van der Waals surface area contributed by atoms with Crippen molar-refractivity contribution in [3.05, 3.63) is 29.8 Å². The van der Waals surface area contributed by atoms with Gasteiger partial charge in [-0.2, -0.15) is 0 Å². The molecule has 0 saturated heterocycles. The average Bonchev–Trinajstić information content (AvgIpc) is 2.35. The molecule has 104 valence electrons. The molecule has 1 aromatic carbocycles. The average molecular weight is 281 g/mol. The molecule has 0 heterocycles. The summed E-state index contributed by atoms with van der Waals surface area (Å²) in [6.07, 6.45) is 0. The summed E-state index contributed by atoms with van der Waals surface area (Å²) in [6, 6.07) is 6.44. The second kappa shape index (κ2) is 6.71. The van der Waals surface area contributed by atoms with Crippen LogP contribution in [-0.4, -0.2) is 38.0 Å². The van der Waals surface area contributed by atoms with E-state index in [1.807, 2.05) is 13.8 Å². The molecule has 0 amide bonds. The third kappa shape index (κ3) is 4.35. The maximum atomic E-state index is 12.3. The van der Waals surface area contributed by atoms with Crippen LogP contribution in [0.15, 0.2) is 29.2 Å². The molecule has 1 rings (SSSR count). The van der Waals surface area contributed by atoms with Crippen molar-refractivity contribution in [3.63, 3.8) is 0 Å². The highest BCUT2D eigenvalue weighted by atomic mass is 32.2. The summed E-state index contributed by atoms with van der Waals surface area (Å²) in [5.41, 5.74) is 0.577. The smallest absolute Gasteiger partial charge is 0.242 e. The zero-order chi connectivity index (χ0) is 14.5. The fourth-order valence-electron chi connectivity index (χ4n) is 1.67. The van der Waals surface area contributed by atoms with Gasteiger partial charge in [-0.25, -0.2) is 12.7 Å². The molecule has 1 N–H and O–H groups in total. The highest BCUT2D eigenvalue weighted by Gasteiger charge is 2.21. The second-order valence-electron chi connectivity index (χ2n) is 4.67. The number of hydrogen-bond donors (Lipinski definition) is 1. The molecular weight excluding hydrogens is 262 g/mol. The van der Waals surface area contributed by atoms with Gasteiger partial charge in [0.2, 0.25) is 10.0 Å². The minimum Gasteiger partial charge on any atom is -0.384 e. The minimum atomic E-state index is -3.48. The van der Waals surface area contributed by atoms with Crippen LogP contribution in [0.2, 0.25) is 0 Å². The highest BCUT2D eigenvalue weighted by molar-refractivity contribution is 7.89. The van der Waals surface area contributed by atoms with Crippen LogP contribution in [0.5, 0.6) is 0 Å². The quantitative estimate of drug-likeness (QED) is 0.847. The van der Waals surface area contributed by atoms with Crippen molar-refractivity contribution in [1.82, 2.24) is 4.31 Å². The van der Waals surface area contributed by atoms with E-state index >= 15 is 0 Å². The predicted molar refractivity (Wildman–Crippen MR) is 75.1 cm³/mol. The minimum absolute atomic E-state index is 0.223. The first-order chi connectivity index (χ1) is 8.87. The number of rotatable bonds is 4. The maximum Gasteiger partial charge on any atom is 0.242 e. The van der Waals surface area contributed by atoms with Crippen LogP contribution in [0.4, 0.5) is 0 Å². The van der Waals surface area contributed by atoms with E-state index in [9.17, 15) is 8.42 Å². The van der Waals surface area contributed by atoms with E-state index in [1.165, 1.54) is 10.4 Å². The van der Waals surface area contributed by atoms with Crippen molar-refractivity contribution in [1.29, 1.82) is 0 Å². The summed E-state index contributed by atoms with van der Waals surface area (Å²) < 4.78 is 26.0. The van der Waals surface area contributed by atoms with Crippen molar-refractivity contribution in [2.24, 2.45) is 5.92 Å². The molecule has 0 aliphatic rings. The van der Waals surface area contributed by atoms with E-state index in [4.69, 9.17) is 5.11 Å². The van der Waals surface area contributed by atoms with E-state index in [0.717, 1.165) is 0 Å². The zero-order valence-corrected chi connectivity index (χ0v) is 12.2. The number of aliphatic hydroxyl groups excluding tert-OH is 1. The van der Waals surface area contributed by atoms with Crippen molar-refractivity contribution in [2.75, 3.05) is 20.2 Å².